The number of aromatic nitrogens is 4. The molecule has 9 heteroatoms. The Bertz CT molecular complexity index is 778. The summed E-state index contributed by atoms with van der Waals surface area (Å²) in [6, 6.07) is 4.84. The van der Waals surface area contributed by atoms with Crippen LogP contribution < -0.4 is 4.72 Å². The lowest BCUT2D eigenvalue weighted by atomic mass is 10.3. The molecule has 0 saturated carbocycles. The first-order valence-electron chi connectivity index (χ1n) is 4.90. The van der Waals surface area contributed by atoms with Crippen LogP contribution in [-0.4, -0.2) is 27.4 Å². The van der Waals surface area contributed by atoms with Gasteiger partial charge in [-0.3, -0.25) is 9.82 Å². The van der Waals surface area contributed by atoms with Crippen LogP contribution >= 0.6 is 11.7 Å². The summed E-state index contributed by atoms with van der Waals surface area (Å²) >= 11 is 0.980. The molecule has 0 fully saturated rings. The van der Waals surface area contributed by atoms with Crippen LogP contribution in [-0.2, 0) is 10.0 Å². The molecule has 1 aromatic carbocycles. The van der Waals surface area contributed by atoms with Crippen LogP contribution in [0, 0.1) is 0 Å². The van der Waals surface area contributed by atoms with Crippen molar-refractivity contribution in [2.45, 2.75) is 4.90 Å². The van der Waals surface area contributed by atoms with Gasteiger partial charge >= 0.3 is 0 Å². The molecule has 0 radical (unpaired) electrons. The molecule has 0 atom stereocenters. The summed E-state index contributed by atoms with van der Waals surface area (Å²) in [7, 11) is -3.69. The van der Waals surface area contributed by atoms with Gasteiger partial charge in [0.05, 0.1) is 23.6 Å². The number of anilines is 1. The minimum Gasteiger partial charge on any atom is -0.284 e. The first-order valence-corrected chi connectivity index (χ1v) is 7.11. The Morgan fingerprint density at radius 2 is 2.17 bits per heavy atom. The molecule has 2 aromatic heterocycles. The molecule has 3 aromatic rings. The predicted molar refractivity (Wildman–Crippen MR) is 66.8 cm³/mol. The fraction of sp³-hybridized carbons (Fsp3) is 0. The van der Waals surface area contributed by atoms with E-state index in [1.165, 1.54) is 18.5 Å². The number of hydrogen-bond acceptors (Lipinski definition) is 6. The third-order valence-corrected chi connectivity index (χ3v) is 4.24. The molecule has 0 amide bonds. The van der Waals surface area contributed by atoms with E-state index in [1.54, 1.807) is 12.1 Å². The Balaban J connectivity index is 2.11. The van der Waals surface area contributed by atoms with Gasteiger partial charge in [0.1, 0.15) is 15.9 Å². The molecule has 0 spiro atoms. The summed E-state index contributed by atoms with van der Waals surface area (Å²) in [4.78, 5) is 0.106. The normalized spacial score (nSPS) is 11.8. The van der Waals surface area contributed by atoms with E-state index in [2.05, 4.69) is 23.7 Å². The van der Waals surface area contributed by atoms with Crippen LogP contribution in [0.25, 0.3) is 11.0 Å². The summed E-state index contributed by atoms with van der Waals surface area (Å²) in [6.45, 7) is 0. The maximum Gasteiger partial charge on any atom is 0.264 e. The van der Waals surface area contributed by atoms with Gasteiger partial charge in [0, 0.05) is 6.20 Å². The third kappa shape index (κ3) is 1.83. The van der Waals surface area contributed by atoms with Crippen LogP contribution in [0.2, 0.25) is 0 Å². The second-order valence-corrected chi connectivity index (χ2v) is 5.66. The van der Waals surface area contributed by atoms with E-state index in [0.717, 1.165) is 11.7 Å². The topological polar surface area (TPSA) is 101 Å². The molecule has 92 valence electrons. The van der Waals surface area contributed by atoms with Gasteiger partial charge in [-0.25, -0.2) is 8.42 Å². The zero-order valence-electron chi connectivity index (χ0n) is 8.86. The second kappa shape index (κ2) is 4.03. The van der Waals surface area contributed by atoms with Crippen LogP contribution in [0.5, 0.6) is 0 Å². The highest BCUT2D eigenvalue weighted by atomic mass is 32.2. The van der Waals surface area contributed by atoms with Gasteiger partial charge in [0.25, 0.3) is 10.0 Å². The third-order valence-electron chi connectivity index (χ3n) is 2.29. The van der Waals surface area contributed by atoms with Crippen molar-refractivity contribution in [2.75, 3.05) is 4.72 Å². The Morgan fingerprint density at radius 3 is 2.94 bits per heavy atom. The van der Waals surface area contributed by atoms with Crippen LogP contribution in [0.15, 0.2) is 35.5 Å². The zero-order valence-corrected chi connectivity index (χ0v) is 10.5. The summed E-state index contributed by atoms with van der Waals surface area (Å²) in [5, 5.41) is 6.21. The van der Waals surface area contributed by atoms with E-state index < -0.39 is 10.0 Å². The molecule has 0 aliphatic heterocycles. The van der Waals surface area contributed by atoms with Crippen LogP contribution in [0.4, 0.5) is 5.69 Å². The van der Waals surface area contributed by atoms with Gasteiger partial charge in [-0.05, 0) is 12.1 Å². The molecule has 0 unspecified atom stereocenters. The molecule has 0 saturated heterocycles. The fourth-order valence-corrected chi connectivity index (χ4v) is 3.32. The van der Waals surface area contributed by atoms with E-state index in [0.29, 0.717) is 16.7 Å². The smallest absolute Gasteiger partial charge is 0.264 e. The van der Waals surface area contributed by atoms with Gasteiger partial charge in [0.15, 0.2) is 0 Å². The van der Waals surface area contributed by atoms with Crippen molar-refractivity contribution in [3.05, 3.63) is 30.6 Å². The van der Waals surface area contributed by atoms with E-state index in [9.17, 15) is 8.42 Å². The van der Waals surface area contributed by atoms with Crippen LogP contribution in [0.3, 0.4) is 0 Å². The van der Waals surface area contributed by atoms with Crippen molar-refractivity contribution in [3.8, 4) is 0 Å². The minimum absolute atomic E-state index is 0.106. The molecule has 2 N–H and O–H groups in total. The standard InChI is InChI=1S/C9H7N5O2S2/c15-18(16,14-6-4-10-11-5-6)8-3-1-2-7-9(8)13-17-12-7/h1-5,14H,(H,10,11). The lowest BCUT2D eigenvalue weighted by Crippen LogP contribution is -2.12. The number of nitrogens with zero attached hydrogens (tertiary/aromatic N) is 3. The van der Waals surface area contributed by atoms with Crippen molar-refractivity contribution in [1.29, 1.82) is 0 Å². The molecule has 0 aliphatic carbocycles. The van der Waals surface area contributed by atoms with E-state index in [-0.39, 0.29) is 4.90 Å². The van der Waals surface area contributed by atoms with Crippen molar-refractivity contribution in [2.24, 2.45) is 0 Å². The molecule has 2 heterocycles. The number of hydrogen-bond donors (Lipinski definition) is 2. The van der Waals surface area contributed by atoms with Crippen molar-refractivity contribution < 1.29 is 8.42 Å². The van der Waals surface area contributed by atoms with Gasteiger partial charge < -0.3 is 0 Å². The number of aromatic amines is 1. The first-order chi connectivity index (χ1) is 8.67. The highest BCUT2D eigenvalue weighted by Gasteiger charge is 2.19. The fourth-order valence-electron chi connectivity index (χ4n) is 1.52. The maximum absolute atomic E-state index is 12.2. The average Bonchev–Trinajstić information content (AvgIpc) is 2.97. The highest BCUT2D eigenvalue weighted by Crippen LogP contribution is 2.22. The largest absolute Gasteiger partial charge is 0.284 e. The average molecular weight is 281 g/mol. The molecule has 0 aliphatic rings. The summed E-state index contributed by atoms with van der Waals surface area (Å²) in [5.74, 6) is 0. The predicted octanol–water partition coefficient (Wildman–Crippen LogP) is 1.22. The first kappa shape index (κ1) is 11.1. The lowest BCUT2D eigenvalue weighted by Gasteiger charge is -2.05. The van der Waals surface area contributed by atoms with E-state index in [4.69, 9.17) is 0 Å². The SMILES string of the molecule is O=S(=O)(Nc1cn[nH]c1)c1cccc2nsnc12. The Morgan fingerprint density at radius 1 is 1.28 bits per heavy atom. The van der Waals surface area contributed by atoms with Gasteiger partial charge in [-0.1, -0.05) is 6.07 Å². The molecule has 7 nitrogen and oxygen atoms in total. The van der Waals surface area contributed by atoms with E-state index >= 15 is 0 Å². The minimum atomic E-state index is -3.69. The summed E-state index contributed by atoms with van der Waals surface area (Å²) in [6.07, 6.45) is 2.84. The molecular weight excluding hydrogens is 274 g/mol. The second-order valence-electron chi connectivity index (χ2n) is 3.48. The zero-order chi connectivity index (χ0) is 12.6. The molecule has 18 heavy (non-hydrogen) atoms. The number of fused-ring (bicyclic) bond motifs is 1. The van der Waals surface area contributed by atoms with Crippen molar-refractivity contribution in [1.82, 2.24) is 18.9 Å². The highest BCUT2D eigenvalue weighted by molar-refractivity contribution is 7.93. The maximum atomic E-state index is 12.2. The van der Waals surface area contributed by atoms with Crippen molar-refractivity contribution in [3.63, 3.8) is 0 Å². The Kier molecular flexibility index (Phi) is 2.49. The quantitative estimate of drug-likeness (QED) is 0.751. The molecule has 3 rings (SSSR count). The van der Waals surface area contributed by atoms with E-state index in [1.807, 2.05) is 0 Å². The monoisotopic (exact) mass is 281 g/mol. The Hall–Kier alpha value is -2.00. The summed E-state index contributed by atoms with van der Waals surface area (Å²) in [5.41, 5.74) is 1.31. The van der Waals surface area contributed by atoms with Crippen LogP contribution in [0.1, 0.15) is 0 Å². The molecular formula is C9H7N5O2S2. The summed E-state index contributed by atoms with van der Waals surface area (Å²) < 4.78 is 34.8. The van der Waals surface area contributed by atoms with Gasteiger partial charge in [0.2, 0.25) is 0 Å². The lowest BCUT2D eigenvalue weighted by molar-refractivity contribution is 0.602. The number of H-pyrrole nitrogens is 1. The van der Waals surface area contributed by atoms with Crippen molar-refractivity contribution >= 4 is 38.5 Å². The molecule has 0 bridgehead atoms. The number of rotatable bonds is 3. The number of benzene rings is 1. The van der Waals surface area contributed by atoms with Gasteiger partial charge in [-0.15, -0.1) is 0 Å². The number of sulfonamides is 1. The Labute approximate surface area is 106 Å². The van der Waals surface area contributed by atoms with Gasteiger partial charge in [-0.2, -0.15) is 13.8 Å². The number of nitrogens with one attached hydrogen (secondary N) is 2.